The van der Waals surface area contributed by atoms with Gasteiger partial charge in [-0.25, -0.2) is 0 Å². The number of nitrogens with zero attached hydrogens (tertiary/aromatic N) is 3. The molecular formula is C12H14N4O2. The molecular weight excluding hydrogens is 232 g/mol. The Hall–Kier alpha value is -2.37. The first kappa shape index (κ1) is 12.1. The summed E-state index contributed by atoms with van der Waals surface area (Å²) in [5.74, 6) is 0. The minimum Gasteiger partial charge on any atom is -0.347 e. The molecule has 0 aliphatic heterocycles. The molecule has 1 N–H and O–H groups in total. The van der Waals surface area contributed by atoms with Crippen LogP contribution in [0, 0.1) is 10.1 Å². The monoisotopic (exact) mass is 246 g/mol. The van der Waals surface area contributed by atoms with Gasteiger partial charge in [-0.2, -0.15) is 5.10 Å². The van der Waals surface area contributed by atoms with Crippen molar-refractivity contribution in [1.29, 1.82) is 0 Å². The summed E-state index contributed by atoms with van der Waals surface area (Å²) < 4.78 is 1.79. The molecule has 2 rings (SSSR count). The van der Waals surface area contributed by atoms with Crippen LogP contribution >= 0.6 is 0 Å². The van der Waals surface area contributed by atoms with Crippen LogP contribution in [-0.2, 0) is 0 Å². The zero-order valence-electron chi connectivity index (χ0n) is 10.2. The van der Waals surface area contributed by atoms with Gasteiger partial charge in [0.1, 0.15) is 5.69 Å². The van der Waals surface area contributed by atoms with Crippen molar-refractivity contribution in [2.24, 2.45) is 0 Å². The number of nitro groups is 1. The summed E-state index contributed by atoms with van der Waals surface area (Å²) >= 11 is 0. The van der Waals surface area contributed by atoms with Crippen LogP contribution in [0.2, 0.25) is 0 Å². The molecule has 0 fully saturated rings. The van der Waals surface area contributed by atoms with Crippen molar-refractivity contribution in [3.63, 3.8) is 0 Å². The molecule has 0 spiro atoms. The Morgan fingerprint density at radius 1 is 1.39 bits per heavy atom. The number of nitrogens with one attached hydrogen (secondary N) is 1. The van der Waals surface area contributed by atoms with Gasteiger partial charge in [0.2, 0.25) is 0 Å². The van der Waals surface area contributed by atoms with E-state index in [1.807, 2.05) is 20.0 Å². The SMILES string of the molecule is CC(C)n1cc(Nc2ccccc2[N+](=O)[O-])cn1. The van der Waals surface area contributed by atoms with Gasteiger partial charge in [0, 0.05) is 18.3 Å². The quantitative estimate of drug-likeness (QED) is 0.664. The Morgan fingerprint density at radius 3 is 2.72 bits per heavy atom. The van der Waals surface area contributed by atoms with Crippen LogP contribution in [-0.4, -0.2) is 14.7 Å². The van der Waals surface area contributed by atoms with Crippen molar-refractivity contribution in [2.45, 2.75) is 19.9 Å². The first-order valence-corrected chi connectivity index (χ1v) is 5.62. The molecule has 2 aromatic rings. The number of hydrogen-bond acceptors (Lipinski definition) is 4. The Kier molecular flexibility index (Phi) is 3.27. The highest BCUT2D eigenvalue weighted by Crippen LogP contribution is 2.26. The lowest BCUT2D eigenvalue weighted by molar-refractivity contribution is -0.383. The van der Waals surface area contributed by atoms with Crippen LogP contribution in [0.15, 0.2) is 36.7 Å². The number of anilines is 2. The number of para-hydroxylation sites is 2. The second kappa shape index (κ2) is 4.87. The summed E-state index contributed by atoms with van der Waals surface area (Å²) in [6.45, 7) is 4.03. The number of aromatic nitrogens is 2. The number of hydrogen-bond donors (Lipinski definition) is 1. The topological polar surface area (TPSA) is 73.0 Å². The van der Waals surface area contributed by atoms with Crippen LogP contribution < -0.4 is 5.32 Å². The Morgan fingerprint density at radius 2 is 2.11 bits per heavy atom. The van der Waals surface area contributed by atoms with Gasteiger partial charge in [-0.05, 0) is 19.9 Å². The lowest BCUT2D eigenvalue weighted by atomic mass is 10.2. The molecule has 0 saturated heterocycles. The van der Waals surface area contributed by atoms with E-state index in [9.17, 15) is 10.1 Å². The molecule has 0 saturated carbocycles. The van der Waals surface area contributed by atoms with E-state index in [4.69, 9.17) is 0 Å². The summed E-state index contributed by atoms with van der Waals surface area (Å²) in [4.78, 5) is 10.5. The third kappa shape index (κ3) is 2.48. The second-order valence-corrected chi connectivity index (χ2v) is 4.20. The van der Waals surface area contributed by atoms with E-state index in [0.29, 0.717) is 5.69 Å². The van der Waals surface area contributed by atoms with Crippen molar-refractivity contribution in [3.05, 3.63) is 46.8 Å². The highest BCUT2D eigenvalue weighted by atomic mass is 16.6. The molecule has 0 unspecified atom stereocenters. The van der Waals surface area contributed by atoms with Gasteiger partial charge < -0.3 is 5.32 Å². The molecule has 0 bridgehead atoms. The highest BCUT2D eigenvalue weighted by Gasteiger charge is 2.13. The number of benzene rings is 1. The van der Waals surface area contributed by atoms with Gasteiger partial charge in [0.05, 0.1) is 16.8 Å². The van der Waals surface area contributed by atoms with Crippen molar-refractivity contribution in [1.82, 2.24) is 9.78 Å². The van der Waals surface area contributed by atoms with E-state index in [1.165, 1.54) is 6.07 Å². The predicted octanol–water partition coefficient (Wildman–Crippen LogP) is 3.12. The molecule has 6 heteroatoms. The molecule has 1 heterocycles. The van der Waals surface area contributed by atoms with Crippen molar-refractivity contribution < 1.29 is 4.92 Å². The van der Waals surface area contributed by atoms with Gasteiger partial charge in [0.25, 0.3) is 5.69 Å². The Labute approximate surface area is 104 Å². The third-order valence-corrected chi connectivity index (χ3v) is 2.51. The molecule has 1 aromatic heterocycles. The van der Waals surface area contributed by atoms with E-state index in [0.717, 1.165) is 5.69 Å². The van der Waals surface area contributed by atoms with Crippen molar-refractivity contribution >= 4 is 17.1 Å². The zero-order chi connectivity index (χ0) is 13.1. The first-order chi connectivity index (χ1) is 8.58. The number of nitro benzene ring substituents is 1. The van der Waals surface area contributed by atoms with Gasteiger partial charge in [-0.15, -0.1) is 0 Å². The van der Waals surface area contributed by atoms with Crippen molar-refractivity contribution in [3.8, 4) is 0 Å². The van der Waals surface area contributed by atoms with E-state index < -0.39 is 4.92 Å². The molecule has 0 radical (unpaired) electrons. The second-order valence-electron chi connectivity index (χ2n) is 4.20. The van der Waals surface area contributed by atoms with Crippen LogP contribution in [0.25, 0.3) is 0 Å². The lowest BCUT2D eigenvalue weighted by Gasteiger charge is -2.05. The maximum absolute atomic E-state index is 10.9. The minimum atomic E-state index is -0.408. The number of rotatable bonds is 4. The fourth-order valence-corrected chi connectivity index (χ4v) is 1.58. The largest absolute Gasteiger partial charge is 0.347 e. The fraction of sp³-hybridized carbons (Fsp3) is 0.250. The van der Waals surface area contributed by atoms with Gasteiger partial charge >= 0.3 is 0 Å². The summed E-state index contributed by atoms with van der Waals surface area (Å²) in [7, 11) is 0. The van der Waals surface area contributed by atoms with Gasteiger partial charge in [0.15, 0.2) is 0 Å². The molecule has 0 amide bonds. The normalized spacial score (nSPS) is 10.6. The average Bonchev–Trinajstić information content (AvgIpc) is 2.78. The molecule has 0 aliphatic carbocycles. The lowest BCUT2D eigenvalue weighted by Crippen LogP contribution is -2.00. The van der Waals surface area contributed by atoms with E-state index in [2.05, 4.69) is 10.4 Å². The molecule has 6 nitrogen and oxygen atoms in total. The maximum Gasteiger partial charge on any atom is 0.292 e. The van der Waals surface area contributed by atoms with Crippen molar-refractivity contribution in [2.75, 3.05) is 5.32 Å². The molecule has 0 atom stereocenters. The Balaban J connectivity index is 2.25. The van der Waals surface area contributed by atoms with Crippen LogP contribution in [0.5, 0.6) is 0 Å². The maximum atomic E-state index is 10.9. The molecule has 94 valence electrons. The minimum absolute atomic E-state index is 0.0507. The predicted molar refractivity (Wildman–Crippen MR) is 69.0 cm³/mol. The first-order valence-electron chi connectivity index (χ1n) is 5.62. The van der Waals surface area contributed by atoms with Gasteiger partial charge in [-0.3, -0.25) is 14.8 Å². The molecule has 0 aliphatic rings. The third-order valence-electron chi connectivity index (χ3n) is 2.51. The van der Waals surface area contributed by atoms with Crippen LogP contribution in [0.1, 0.15) is 19.9 Å². The molecule has 18 heavy (non-hydrogen) atoms. The van der Waals surface area contributed by atoms with Crippen LogP contribution in [0.4, 0.5) is 17.1 Å². The standard InChI is InChI=1S/C12H14N4O2/c1-9(2)15-8-10(7-13-15)14-11-5-3-4-6-12(11)16(17)18/h3-9,14H,1-2H3. The molecule has 1 aromatic carbocycles. The van der Waals surface area contributed by atoms with E-state index >= 15 is 0 Å². The van der Waals surface area contributed by atoms with E-state index in [-0.39, 0.29) is 11.7 Å². The highest BCUT2D eigenvalue weighted by molar-refractivity contribution is 5.68. The summed E-state index contributed by atoms with van der Waals surface area (Å²) in [5.41, 5.74) is 1.25. The summed E-state index contributed by atoms with van der Waals surface area (Å²) in [6, 6.07) is 6.79. The van der Waals surface area contributed by atoms with Crippen LogP contribution in [0.3, 0.4) is 0 Å². The smallest absolute Gasteiger partial charge is 0.292 e. The summed E-state index contributed by atoms with van der Waals surface area (Å²) in [5, 5.41) is 18.0. The van der Waals surface area contributed by atoms with Gasteiger partial charge in [-0.1, -0.05) is 12.1 Å². The average molecular weight is 246 g/mol. The zero-order valence-corrected chi connectivity index (χ0v) is 10.2. The Bertz CT molecular complexity index is 563. The van der Waals surface area contributed by atoms with E-state index in [1.54, 1.807) is 29.1 Å². The summed E-state index contributed by atoms with van der Waals surface area (Å²) in [6.07, 6.45) is 3.47. The fourth-order valence-electron chi connectivity index (χ4n) is 1.58.